The van der Waals surface area contributed by atoms with E-state index in [2.05, 4.69) is 17.2 Å². The third-order valence-corrected chi connectivity index (χ3v) is 3.30. The Morgan fingerprint density at radius 1 is 1.33 bits per heavy atom. The van der Waals surface area contributed by atoms with Crippen molar-refractivity contribution in [3.8, 4) is 0 Å². The van der Waals surface area contributed by atoms with Crippen LogP contribution in [0, 0.1) is 0 Å². The number of rotatable bonds is 9. The molecular weight excluding hydrogens is 266 g/mol. The van der Waals surface area contributed by atoms with Crippen molar-refractivity contribution in [3.05, 3.63) is 23.4 Å². The molecule has 0 spiro atoms. The summed E-state index contributed by atoms with van der Waals surface area (Å²) < 4.78 is 0. The average Bonchev–Trinajstić information content (AvgIpc) is 2.52. The Hall–Kier alpha value is -1.62. The minimum Gasteiger partial charge on any atom is -0.396 e. The molecule has 1 heterocycles. The van der Waals surface area contributed by atoms with Gasteiger partial charge in [-0.1, -0.05) is 13.8 Å². The first-order valence-electron chi connectivity index (χ1n) is 7.81. The smallest absolute Gasteiger partial charge is 0.254 e. The van der Waals surface area contributed by atoms with Gasteiger partial charge in [-0.25, -0.2) is 4.98 Å². The fourth-order valence-corrected chi connectivity index (χ4v) is 2.08. The quantitative estimate of drug-likeness (QED) is 0.733. The molecule has 1 amide bonds. The van der Waals surface area contributed by atoms with Gasteiger partial charge in [0.2, 0.25) is 0 Å². The van der Waals surface area contributed by atoms with Crippen LogP contribution in [0.4, 0.5) is 5.82 Å². The van der Waals surface area contributed by atoms with E-state index in [0.29, 0.717) is 25.1 Å². The highest BCUT2D eigenvalue weighted by atomic mass is 16.3. The minimum absolute atomic E-state index is 0.00241. The number of carbonyl (C=O) groups excluding carboxylic acids is 1. The van der Waals surface area contributed by atoms with Crippen molar-refractivity contribution >= 4 is 11.7 Å². The molecule has 0 saturated heterocycles. The number of aliphatic hydroxyl groups is 1. The topological polar surface area (TPSA) is 65.5 Å². The molecule has 0 aliphatic rings. The molecular formula is C16H27N3O2. The predicted molar refractivity (Wildman–Crippen MR) is 85.7 cm³/mol. The third-order valence-electron chi connectivity index (χ3n) is 3.30. The Morgan fingerprint density at radius 2 is 2.10 bits per heavy atom. The van der Waals surface area contributed by atoms with Crippen molar-refractivity contribution < 1.29 is 9.90 Å². The molecule has 5 nitrogen and oxygen atoms in total. The SMILES string of the molecule is CCCNc1cc(C(=O)N(CC)CCCO)cc(CC)n1. The second kappa shape index (κ2) is 9.34. The summed E-state index contributed by atoms with van der Waals surface area (Å²) in [4.78, 5) is 18.8. The first-order chi connectivity index (χ1) is 10.2. The highest BCUT2D eigenvalue weighted by Gasteiger charge is 2.15. The van der Waals surface area contributed by atoms with Crippen LogP contribution in [0.3, 0.4) is 0 Å². The zero-order valence-electron chi connectivity index (χ0n) is 13.4. The lowest BCUT2D eigenvalue weighted by molar-refractivity contribution is 0.0754. The van der Waals surface area contributed by atoms with Gasteiger partial charge in [0.25, 0.3) is 5.91 Å². The lowest BCUT2D eigenvalue weighted by Gasteiger charge is -2.21. The molecule has 0 unspecified atom stereocenters. The molecule has 0 bridgehead atoms. The summed E-state index contributed by atoms with van der Waals surface area (Å²) >= 11 is 0. The maximum Gasteiger partial charge on any atom is 0.254 e. The van der Waals surface area contributed by atoms with E-state index >= 15 is 0 Å². The van der Waals surface area contributed by atoms with Crippen LogP contribution in [0.1, 0.15) is 49.7 Å². The van der Waals surface area contributed by atoms with Crippen LogP contribution >= 0.6 is 0 Å². The number of carbonyl (C=O) groups is 1. The number of aryl methyl sites for hydroxylation is 1. The number of pyridine rings is 1. The summed E-state index contributed by atoms with van der Waals surface area (Å²) in [5.41, 5.74) is 1.58. The fourth-order valence-electron chi connectivity index (χ4n) is 2.08. The molecule has 0 saturated carbocycles. The van der Waals surface area contributed by atoms with Gasteiger partial charge in [0, 0.05) is 37.5 Å². The Morgan fingerprint density at radius 3 is 2.67 bits per heavy atom. The molecule has 1 aromatic heterocycles. The number of aromatic nitrogens is 1. The number of amides is 1. The lowest BCUT2D eigenvalue weighted by atomic mass is 10.1. The van der Waals surface area contributed by atoms with Crippen LogP contribution in [-0.4, -0.2) is 47.1 Å². The lowest BCUT2D eigenvalue weighted by Crippen LogP contribution is -2.32. The van der Waals surface area contributed by atoms with Crippen molar-refractivity contribution in [2.75, 3.05) is 31.6 Å². The van der Waals surface area contributed by atoms with Crippen LogP contribution < -0.4 is 5.32 Å². The summed E-state index contributed by atoms with van der Waals surface area (Å²) in [5, 5.41) is 12.2. The maximum absolute atomic E-state index is 12.6. The summed E-state index contributed by atoms with van der Waals surface area (Å²) in [6.07, 6.45) is 2.41. The Balaban J connectivity index is 2.95. The van der Waals surface area contributed by atoms with E-state index in [1.54, 1.807) is 4.90 Å². The molecule has 2 N–H and O–H groups in total. The van der Waals surface area contributed by atoms with Gasteiger partial charge in [-0.3, -0.25) is 4.79 Å². The number of aliphatic hydroxyl groups excluding tert-OH is 1. The van der Waals surface area contributed by atoms with Crippen LogP contribution in [-0.2, 0) is 6.42 Å². The molecule has 0 atom stereocenters. The molecule has 0 aliphatic carbocycles. The highest BCUT2D eigenvalue weighted by Crippen LogP contribution is 2.14. The third kappa shape index (κ3) is 5.34. The van der Waals surface area contributed by atoms with E-state index in [-0.39, 0.29) is 12.5 Å². The zero-order valence-corrected chi connectivity index (χ0v) is 13.4. The van der Waals surface area contributed by atoms with E-state index in [1.165, 1.54) is 0 Å². The standard InChI is InChI=1S/C16H27N3O2/c1-4-8-17-15-12-13(11-14(5-2)18-15)16(21)19(6-3)9-7-10-20/h11-12,20H,4-10H2,1-3H3,(H,17,18). The van der Waals surface area contributed by atoms with Crippen molar-refractivity contribution in [2.24, 2.45) is 0 Å². The molecule has 1 rings (SSSR count). The second-order valence-electron chi connectivity index (χ2n) is 4.97. The zero-order chi connectivity index (χ0) is 15.7. The van der Waals surface area contributed by atoms with Gasteiger partial charge in [0.1, 0.15) is 5.82 Å². The predicted octanol–water partition coefficient (Wildman–Crippen LogP) is 2.31. The number of hydrogen-bond donors (Lipinski definition) is 2. The van der Waals surface area contributed by atoms with E-state index in [0.717, 1.165) is 30.9 Å². The number of hydrogen-bond acceptors (Lipinski definition) is 4. The summed E-state index contributed by atoms with van der Waals surface area (Å²) in [6, 6.07) is 3.68. The molecule has 118 valence electrons. The average molecular weight is 293 g/mol. The van der Waals surface area contributed by atoms with Gasteiger partial charge in [0.05, 0.1) is 0 Å². The van der Waals surface area contributed by atoms with Gasteiger partial charge in [-0.15, -0.1) is 0 Å². The largest absolute Gasteiger partial charge is 0.396 e. The molecule has 0 aliphatic heterocycles. The van der Waals surface area contributed by atoms with Crippen molar-refractivity contribution in [3.63, 3.8) is 0 Å². The van der Waals surface area contributed by atoms with Gasteiger partial charge < -0.3 is 15.3 Å². The van der Waals surface area contributed by atoms with Gasteiger partial charge in [-0.2, -0.15) is 0 Å². The van der Waals surface area contributed by atoms with Crippen molar-refractivity contribution in [1.82, 2.24) is 9.88 Å². The van der Waals surface area contributed by atoms with Gasteiger partial charge in [-0.05, 0) is 38.3 Å². The Kier molecular flexibility index (Phi) is 7.75. The Bertz CT molecular complexity index is 449. The summed E-state index contributed by atoms with van der Waals surface area (Å²) in [7, 11) is 0. The first-order valence-corrected chi connectivity index (χ1v) is 7.81. The van der Waals surface area contributed by atoms with E-state index in [1.807, 2.05) is 26.0 Å². The van der Waals surface area contributed by atoms with Crippen LogP contribution in [0.15, 0.2) is 12.1 Å². The monoisotopic (exact) mass is 293 g/mol. The van der Waals surface area contributed by atoms with Crippen LogP contribution in [0.5, 0.6) is 0 Å². The fraction of sp³-hybridized carbons (Fsp3) is 0.625. The van der Waals surface area contributed by atoms with Gasteiger partial charge in [0.15, 0.2) is 0 Å². The van der Waals surface area contributed by atoms with Crippen LogP contribution in [0.2, 0.25) is 0 Å². The molecule has 0 fully saturated rings. The molecule has 21 heavy (non-hydrogen) atoms. The van der Waals surface area contributed by atoms with Crippen molar-refractivity contribution in [2.45, 2.75) is 40.0 Å². The van der Waals surface area contributed by atoms with E-state index in [4.69, 9.17) is 5.11 Å². The number of nitrogens with zero attached hydrogens (tertiary/aromatic N) is 2. The minimum atomic E-state index is 0.00241. The van der Waals surface area contributed by atoms with Crippen LogP contribution in [0.25, 0.3) is 0 Å². The Labute approximate surface area is 127 Å². The molecule has 0 radical (unpaired) electrons. The normalized spacial score (nSPS) is 10.5. The molecule has 1 aromatic rings. The van der Waals surface area contributed by atoms with Gasteiger partial charge >= 0.3 is 0 Å². The number of anilines is 1. The molecule has 5 heteroatoms. The first kappa shape index (κ1) is 17.4. The summed E-state index contributed by atoms with van der Waals surface area (Å²) in [6.45, 7) is 8.24. The molecule has 0 aromatic carbocycles. The van der Waals surface area contributed by atoms with Crippen molar-refractivity contribution in [1.29, 1.82) is 0 Å². The number of nitrogens with one attached hydrogen (secondary N) is 1. The second-order valence-corrected chi connectivity index (χ2v) is 4.97. The van der Waals surface area contributed by atoms with E-state index in [9.17, 15) is 4.79 Å². The highest BCUT2D eigenvalue weighted by molar-refractivity contribution is 5.95. The van der Waals surface area contributed by atoms with E-state index < -0.39 is 0 Å². The summed E-state index contributed by atoms with van der Waals surface area (Å²) in [5.74, 6) is 0.764. The maximum atomic E-state index is 12.6.